The highest BCUT2D eigenvalue weighted by atomic mass is 16.7. The van der Waals surface area contributed by atoms with Gasteiger partial charge in [0.15, 0.2) is 17.6 Å². The number of carbonyl (C=O) groups is 3. The van der Waals surface area contributed by atoms with Crippen LogP contribution in [-0.4, -0.2) is 37.2 Å². The number of nitrogens with one attached hydrogen (secondary N) is 2. The monoisotopic (exact) mass is 473 g/mol. The molecule has 0 unspecified atom stereocenters. The molecule has 0 aliphatic carbocycles. The summed E-state index contributed by atoms with van der Waals surface area (Å²) in [7, 11) is 0. The van der Waals surface area contributed by atoms with Gasteiger partial charge in [0.05, 0.1) is 23.5 Å². The van der Waals surface area contributed by atoms with Crippen molar-refractivity contribution < 1.29 is 28.6 Å². The van der Waals surface area contributed by atoms with Gasteiger partial charge in [-0.3, -0.25) is 14.4 Å². The molecule has 2 heterocycles. The summed E-state index contributed by atoms with van der Waals surface area (Å²) in [6.07, 6.45) is -0.932. The van der Waals surface area contributed by atoms with Gasteiger partial charge in [-0.05, 0) is 42.0 Å². The molecule has 2 N–H and O–H groups in total. The first-order valence-electron chi connectivity index (χ1n) is 11.1. The average molecular weight is 473 g/mol. The lowest BCUT2D eigenvalue weighted by Crippen LogP contribution is -2.48. The van der Waals surface area contributed by atoms with Crippen molar-refractivity contribution in [2.75, 3.05) is 23.6 Å². The zero-order chi connectivity index (χ0) is 24.4. The molecule has 3 aromatic rings. The molecule has 1 atom stereocenters. The zero-order valence-corrected chi connectivity index (χ0v) is 18.9. The SMILES string of the molecule is CC(=O)N1C[C@H](C(=O)Nc2ccccc2C(=O)NCc2ccc3c(c2)OCO3)Oc2ccccc21. The molecule has 9 nitrogen and oxygen atoms in total. The normalized spacial score (nSPS) is 15.6. The van der Waals surface area contributed by atoms with Crippen molar-refractivity contribution >= 4 is 29.1 Å². The van der Waals surface area contributed by atoms with E-state index in [-0.39, 0.29) is 31.7 Å². The van der Waals surface area contributed by atoms with Crippen molar-refractivity contribution in [2.24, 2.45) is 0 Å². The third-order valence-electron chi connectivity index (χ3n) is 5.77. The van der Waals surface area contributed by atoms with Gasteiger partial charge in [0.25, 0.3) is 11.8 Å². The number of hydrogen-bond acceptors (Lipinski definition) is 6. The van der Waals surface area contributed by atoms with Gasteiger partial charge in [-0.2, -0.15) is 0 Å². The van der Waals surface area contributed by atoms with E-state index in [4.69, 9.17) is 14.2 Å². The number of ether oxygens (including phenoxy) is 3. The fourth-order valence-corrected chi connectivity index (χ4v) is 4.00. The van der Waals surface area contributed by atoms with Gasteiger partial charge in [0.2, 0.25) is 12.7 Å². The summed E-state index contributed by atoms with van der Waals surface area (Å²) in [5, 5.41) is 5.65. The Balaban J connectivity index is 1.28. The predicted octanol–water partition coefficient (Wildman–Crippen LogP) is 3.10. The van der Waals surface area contributed by atoms with Crippen LogP contribution in [0.3, 0.4) is 0 Å². The number of hydrogen-bond donors (Lipinski definition) is 2. The van der Waals surface area contributed by atoms with Gasteiger partial charge in [0.1, 0.15) is 5.75 Å². The fraction of sp³-hybridized carbons (Fsp3) is 0.192. The van der Waals surface area contributed by atoms with E-state index >= 15 is 0 Å². The number of amides is 3. The van der Waals surface area contributed by atoms with Gasteiger partial charge >= 0.3 is 0 Å². The van der Waals surface area contributed by atoms with Gasteiger partial charge in [0, 0.05) is 13.5 Å². The molecule has 0 saturated heterocycles. The second kappa shape index (κ2) is 9.38. The van der Waals surface area contributed by atoms with Crippen LogP contribution in [0.2, 0.25) is 0 Å². The molecule has 2 aliphatic heterocycles. The van der Waals surface area contributed by atoms with Gasteiger partial charge in [-0.15, -0.1) is 0 Å². The van der Waals surface area contributed by atoms with E-state index in [0.29, 0.717) is 34.2 Å². The second-order valence-corrected chi connectivity index (χ2v) is 8.11. The molecule has 0 fully saturated rings. The molecule has 0 saturated carbocycles. The van der Waals surface area contributed by atoms with Crippen molar-refractivity contribution in [1.29, 1.82) is 0 Å². The molecule has 178 valence electrons. The molecule has 3 aromatic carbocycles. The van der Waals surface area contributed by atoms with Crippen molar-refractivity contribution in [3.8, 4) is 17.2 Å². The number of anilines is 2. The fourth-order valence-electron chi connectivity index (χ4n) is 4.00. The molecule has 35 heavy (non-hydrogen) atoms. The van der Waals surface area contributed by atoms with Crippen molar-refractivity contribution in [2.45, 2.75) is 19.6 Å². The van der Waals surface area contributed by atoms with Crippen LogP contribution in [0.5, 0.6) is 17.2 Å². The van der Waals surface area contributed by atoms with Crippen molar-refractivity contribution in [1.82, 2.24) is 5.32 Å². The van der Waals surface area contributed by atoms with Crippen LogP contribution in [-0.2, 0) is 16.1 Å². The van der Waals surface area contributed by atoms with E-state index in [9.17, 15) is 14.4 Å². The number of nitrogens with zero attached hydrogens (tertiary/aromatic N) is 1. The lowest BCUT2D eigenvalue weighted by atomic mass is 10.1. The standard InChI is InChI=1S/C26H23N3O6/c1-16(30)29-14-24(35-21-9-5-4-8-20(21)29)26(32)28-19-7-3-2-6-18(19)25(31)27-13-17-10-11-22-23(12-17)34-15-33-22/h2-12,24H,13-15H2,1H3,(H,27,31)(H,28,32)/t24-/m1/s1. The zero-order valence-electron chi connectivity index (χ0n) is 18.9. The van der Waals surface area contributed by atoms with Crippen molar-refractivity contribution in [3.05, 3.63) is 77.9 Å². The van der Waals surface area contributed by atoms with Gasteiger partial charge in [-0.25, -0.2) is 0 Å². The van der Waals surface area contributed by atoms with E-state index in [1.807, 2.05) is 12.1 Å². The molecule has 3 amide bonds. The van der Waals surface area contributed by atoms with Crippen LogP contribution in [0.15, 0.2) is 66.7 Å². The highest BCUT2D eigenvalue weighted by Gasteiger charge is 2.33. The molecule has 0 aromatic heterocycles. The Bertz CT molecular complexity index is 1310. The Labute approximate surface area is 201 Å². The molecular weight excluding hydrogens is 450 g/mol. The second-order valence-electron chi connectivity index (χ2n) is 8.11. The van der Waals surface area contributed by atoms with Gasteiger partial charge in [-0.1, -0.05) is 30.3 Å². The lowest BCUT2D eigenvalue weighted by Gasteiger charge is -2.33. The largest absolute Gasteiger partial charge is 0.476 e. The quantitative estimate of drug-likeness (QED) is 0.590. The first-order chi connectivity index (χ1) is 17.0. The van der Waals surface area contributed by atoms with E-state index in [0.717, 1.165) is 5.56 Å². The molecule has 5 rings (SSSR count). The maximum Gasteiger partial charge on any atom is 0.267 e. The summed E-state index contributed by atoms with van der Waals surface area (Å²) in [6, 6.07) is 19.2. The Kier molecular flexibility index (Phi) is 5.97. The molecule has 0 spiro atoms. The van der Waals surface area contributed by atoms with Crippen LogP contribution >= 0.6 is 0 Å². The Morgan fingerprint density at radius 1 is 0.943 bits per heavy atom. The minimum atomic E-state index is -0.932. The average Bonchev–Trinajstić information content (AvgIpc) is 3.35. The molecule has 0 bridgehead atoms. The summed E-state index contributed by atoms with van der Waals surface area (Å²) in [5.41, 5.74) is 2.12. The highest BCUT2D eigenvalue weighted by Crippen LogP contribution is 2.34. The van der Waals surface area contributed by atoms with E-state index in [1.165, 1.54) is 11.8 Å². The van der Waals surface area contributed by atoms with E-state index < -0.39 is 12.0 Å². The van der Waals surface area contributed by atoms with Crippen LogP contribution in [0, 0.1) is 0 Å². The molecule has 9 heteroatoms. The lowest BCUT2D eigenvalue weighted by molar-refractivity contribution is -0.123. The van der Waals surface area contributed by atoms with Crippen LogP contribution < -0.4 is 29.7 Å². The Hall–Kier alpha value is -4.53. The van der Waals surface area contributed by atoms with Crippen LogP contribution in [0.1, 0.15) is 22.8 Å². The minimum Gasteiger partial charge on any atom is -0.476 e. The molecular formula is C26H23N3O6. The van der Waals surface area contributed by atoms with E-state index in [1.54, 1.807) is 54.6 Å². The maximum absolute atomic E-state index is 13.1. The summed E-state index contributed by atoms with van der Waals surface area (Å²) >= 11 is 0. The summed E-state index contributed by atoms with van der Waals surface area (Å²) in [4.78, 5) is 39.7. The minimum absolute atomic E-state index is 0.0661. The highest BCUT2D eigenvalue weighted by molar-refractivity contribution is 6.05. The van der Waals surface area contributed by atoms with Gasteiger partial charge < -0.3 is 29.7 Å². The number of carbonyl (C=O) groups excluding carboxylic acids is 3. The molecule has 2 aliphatic rings. The van der Waals surface area contributed by atoms with E-state index in [2.05, 4.69) is 10.6 Å². The third kappa shape index (κ3) is 4.61. The predicted molar refractivity (Wildman–Crippen MR) is 128 cm³/mol. The van der Waals surface area contributed by atoms with Crippen molar-refractivity contribution in [3.63, 3.8) is 0 Å². The summed E-state index contributed by atoms with van der Waals surface area (Å²) in [5.74, 6) is 0.758. The number of para-hydroxylation sites is 3. The number of benzene rings is 3. The maximum atomic E-state index is 13.1. The number of fused-ring (bicyclic) bond motifs is 2. The van der Waals surface area contributed by atoms with Crippen LogP contribution in [0.4, 0.5) is 11.4 Å². The Morgan fingerprint density at radius 2 is 1.71 bits per heavy atom. The first-order valence-corrected chi connectivity index (χ1v) is 11.1. The summed E-state index contributed by atoms with van der Waals surface area (Å²) < 4.78 is 16.5. The molecule has 0 radical (unpaired) electrons. The third-order valence-corrected chi connectivity index (χ3v) is 5.77. The Morgan fingerprint density at radius 3 is 2.57 bits per heavy atom. The smallest absolute Gasteiger partial charge is 0.267 e. The number of rotatable bonds is 5. The topological polar surface area (TPSA) is 106 Å². The first kappa shape index (κ1) is 22.3. The van der Waals surface area contributed by atoms with Crippen LogP contribution in [0.25, 0.3) is 0 Å². The summed E-state index contributed by atoms with van der Waals surface area (Å²) in [6.45, 7) is 1.96.